The molecule has 0 spiro atoms. The molecule has 0 saturated carbocycles. The van der Waals surface area contributed by atoms with Gasteiger partial charge in [-0.2, -0.15) is 0 Å². The van der Waals surface area contributed by atoms with Crippen molar-refractivity contribution in [2.75, 3.05) is 16.8 Å². The second-order valence-corrected chi connectivity index (χ2v) is 7.24. The van der Waals surface area contributed by atoms with Crippen LogP contribution in [-0.4, -0.2) is 24.5 Å². The Hall–Kier alpha value is -2.60. The van der Waals surface area contributed by atoms with Crippen LogP contribution in [0.4, 0.5) is 15.8 Å². The van der Waals surface area contributed by atoms with E-state index >= 15 is 0 Å². The molecule has 2 aromatic carbocycles. The van der Waals surface area contributed by atoms with Crippen LogP contribution in [0, 0.1) is 11.7 Å². The molecular formula is C20H20ClFN2O3. The summed E-state index contributed by atoms with van der Waals surface area (Å²) in [6, 6.07) is 9.03. The number of fused-ring (bicyclic) bond motifs is 1. The first kappa shape index (κ1) is 19.2. The van der Waals surface area contributed by atoms with Gasteiger partial charge in [-0.05, 0) is 37.1 Å². The Morgan fingerprint density at radius 3 is 2.74 bits per heavy atom. The molecule has 1 atom stereocenters. The number of anilines is 2. The van der Waals surface area contributed by atoms with E-state index in [4.69, 9.17) is 16.3 Å². The van der Waals surface area contributed by atoms with Gasteiger partial charge >= 0.3 is 0 Å². The Kier molecular flexibility index (Phi) is 5.37. The van der Waals surface area contributed by atoms with Crippen LogP contribution in [0.1, 0.15) is 31.1 Å². The van der Waals surface area contributed by atoms with Crippen LogP contribution in [0.25, 0.3) is 0 Å². The summed E-state index contributed by atoms with van der Waals surface area (Å²) in [5.74, 6) is -0.686. The molecule has 3 rings (SSSR count). The molecule has 0 aliphatic carbocycles. The Morgan fingerprint density at radius 1 is 1.33 bits per heavy atom. The zero-order valence-electron chi connectivity index (χ0n) is 15.3. The molecule has 27 heavy (non-hydrogen) atoms. The first-order valence-corrected chi connectivity index (χ1v) is 9.03. The lowest BCUT2D eigenvalue weighted by molar-refractivity contribution is -0.125. The van der Waals surface area contributed by atoms with E-state index in [2.05, 4.69) is 5.32 Å². The maximum Gasteiger partial charge on any atom is 0.267 e. The highest BCUT2D eigenvalue weighted by Crippen LogP contribution is 2.37. The van der Waals surface area contributed by atoms with Crippen LogP contribution < -0.4 is 15.0 Å². The summed E-state index contributed by atoms with van der Waals surface area (Å²) < 4.78 is 19.6. The highest BCUT2D eigenvalue weighted by molar-refractivity contribution is 6.34. The Labute approximate surface area is 162 Å². The van der Waals surface area contributed by atoms with Crippen molar-refractivity contribution < 1.29 is 18.7 Å². The number of nitrogens with zero attached hydrogens (tertiary/aromatic N) is 1. The molecule has 7 heteroatoms. The van der Waals surface area contributed by atoms with E-state index in [1.165, 1.54) is 18.2 Å². The van der Waals surface area contributed by atoms with Gasteiger partial charge in [0.15, 0.2) is 6.10 Å². The van der Waals surface area contributed by atoms with Crippen LogP contribution in [0.3, 0.4) is 0 Å². The fourth-order valence-corrected chi connectivity index (χ4v) is 3.20. The highest BCUT2D eigenvalue weighted by Gasteiger charge is 2.32. The number of hydrogen-bond donors (Lipinski definition) is 1. The molecular weight excluding hydrogens is 371 g/mol. The van der Waals surface area contributed by atoms with E-state index in [1.807, 2.05) is 13.8 Å². The lowest BCUT2D eigenvalue weighted by atomic mass is 10.1. The van der Waals surface area contributed by atoms with Gasteiger partial charge in [0.25, 0.3) is 11.8 Å². The molecule has 0 fully saturated rings. The van der Waals surface area contributed by atoms with Gasteiger partial charge in [-0.1, -0.05) is 31.5 Å². The Balaban J connectivity index is 1.89. The third-order valence-corrected chi connectivity index (χ3v) is 4.48. The molecule has 1 unspecified atom stereocenters. The lowest BCUT2D eigenvalue weighted by Crippen LogP contribution is -2.46. The molecule has 0 bridgehead atoms. The first-order valence-electron chi connectivity index (χ1n) is 8.65. The zero-order chi connectivity index (χ0) is 19.7. The van der Waals surface area contributed by atoms with Gasteiger partial charge in [-0.3, -0.25) is 9.59 Å². The van der Waals surface area contributed by atoms with Gasteiger partial charge in [-0.15, -0.1) is 0 Å². The third kappa shape index (κ3) is 3.90. The van der Waals surface area contributed by atoms with Crippen LogP contribution in [-0.2, 0) is 4.79 Å². The molecule has 2 aromatic rings. The smallest absolute Gasteiger partial charge is 0.267 e. The normalized spacial score (nSPS) is 16.1. The molecule has 2 amide bonds. The monoisotopic (exact) mass is 390 g/mol. The quantitative estimate of drug-likeness (QED) is 0.836. The predicted molar refractivity (Wildman–Crippen MR) is 103 cm³/mol. The fraction of sp³-hybridized carbons (Fsp3) is 0.300. The van der Waals surface area contributed by atoms with E-state index in [1.54, 1.807) is 30.0 Å². The molecule has 0 saturated heterocycles. The Morgan fingerprint density at radius 2 is 2.07 bits per heavy atom. The van der Waals surface area contributed by atoms with Gasteiger partial charge < -0.3 is 15.0 Å². The average Bonchev–Trinajstić information content (AvgIpc) is 2.58. The van der Waals surface area contributed by atoms with Gasteiger partial charge in [-0.25, -0.2) is 4.39 Å². The van der Waals surface area contributed by atoms with Gasteiger partial charge in [0.2, 0.25) is 0 Å². The maximum atomic E-state index is 13.9. The van der Waals surface area contributed by atoms with Crippen molar-refractivity contribution in [2.24, 2.45) is 5.92 Å². The van der Waals surface area contributed by atoms with E-state index < -0.39 is 17.8 Å². The van der Waals surface area contributed by atoms with Crippen molar-refractivity contribution in [3.63, 3.8) is 0 Å². The lowest BCUT2D eigenvalue weighted by Gasteiger charge is -2.34. The van der Waals surface area contributed by atoms with Crippen LogP contribution in [0.15, 0.2) is 36.4 Å². The van der Waals surface area contributed by atoms with E-state index in [-0.39, 0.29) is 22.4 Å². The van der Waals surface area contributed by atoms with Crippen molar-refractivity contribution in [1.82, 2.24) is 0 Å². The summed E-state index contributed by atoms with van der Waals surface area (Å²) in [7, 11) is 0. The molecule has 1 aliphatic rings. The Bertz CT molecular complexity index is 881. The number of benzene rings is 2. The molecule has 1 aliphatic heterocycles. The van der Waals surface area contributed by atoms with Crippen molar-refractivity contribution >= 4 is 34.8 Å². The minimum atomic E-state index is -0.698. The number of carbonyl (C=O) groups excluding carboxylic acids is 2. The molecule has 1 N–H and O–H groups in total. The fourth-order valence-electron chi connectivity index (χ4n) is 2.95. The van der Waals surface area contributed by atoms with Gasteiger partial charge in [0.1, 0.15) is 11.6 Å². The average molecular weight is 391 g/mol. The summed E-state index contributed by atoms with van der Waals surface area (Å²) in [5, 5.41) is 2.66. The van der Waals surface area contributed by atoms with Crippen molar-refractivity contribution in [3.8, 4) is 5.75 Å². The van der Waals surface area contributed by atoms with Gasteiger partial charge in [0, 0.05) is 18.3 Å². The third-order valence-electron chi connectivity index (χ3n) is 4.16. The number of carbonyl (C=O) groups is 2. The molecule has 142 valence electrons. The standard InChI is InChI=1S/C20H20ClFN2O3/c1-11(2)10-24-16-8-7-13(9-17(16)27-12(3)20(24)26)23-19(25)18-14(21)5-4-6-15(18)22/h4-9,11-12H,10H2,1-3H3,(H,23,25). The maximum absolute atomic E-state index is 13.9. The van der Waals surface area contributed by atoms with E-state index in [0.29, 0.717) is 23.7 Å². The SMILES string of the molecule is CC(C)CN1C(=O)C(C)Oc2cc(NC(=O)c3c(F)cccc3Cl)ccc21. The number of amides is 2. The second kappa shape index (κ2) is 7.56. The van der Waals surface area contributed by atoms with Gasteiger partial charge in [0.05, 0.1) is 16.3 Å². The summed E-state index contributed by atoms with van der Waals surface area (Å²) in [6.07, 6.45) is -0.622. The summed E-state index contributed by atoms with van der Waals surface area (Å²) in [6.45, 7) is 6.30. The highest BCUT2D eigenvalue weighted by atomic mass is 35.5. The van der Waals surface area contributed by atoms with Crippen molar-refractivity contribution in [2.45, 2.75) is 26.9 Å². The zero-order valence-corrected chi connectivity index (χ0v) is 16.0. The second-order valence-electron chi connectivity index (χ2n) is 6.84. The molecule has 0 radical (unpaired) electrons. The summed E-state index contributed by atoms with van der Waals surface area (Å²) in [4.78, 5) is 26.5. The van der Waals surface area contributed by atoms with E-state index in [9.17, 15) is 14.0 Å². The van der Waals surface area contributed by atoms with Crippen LogP contribution in [0.5, 0.6) is 5.75 Å². The van der Waals surface area contributed by atoms with Crippen molar-refractivity contribution in [3.05, 3.63) is 52.8 Å². The first-order chi connectivity index (χ1) is 12.8. The topological polar surface area (TPSA) is 58.6 Å². The molecule has 0 aromatic heterocycles. The van der Waals surface area contributed by atoms with Crippen LogP contribution in [0.2, 0.25) is 5.02 Å². The van der Waals surface area contributed by atoms with Crippen molar-refractivity contribution in [1.29, 1.82) is 0 Å². The predicted octanol–water partition coefficient (Wildman–Crippen LogP) is 4.50. The minimum Gasteiger partial charge on any atom is -0.479 e. The largest absolute Gasteiger partial charge is 0.479 e. The summed E-state index contributed by atoms with van der Waals surface area (Å²) >= 11 is 5.94. The number of halogens is 2. The van der Waals surface area contributed by atoms with E-state index in [0.717, 1.165) is 0 Å². The number of ether oxygens (including phenoxy) is 1. The summed E-state index contributed by atoms with van der Waals surface area (Å²) in [5.41, 5.74) is 0.848. The minimum absolute atomic E-state index is 0.0315. The van der Waals surface area contributed by atoms with Crippen LogP contribution >= 0.6 is 11.6 Å². The number of rotatable bonds is 4. The number of hydrogen-bond acceptors (Lipinski definition) is 3. The molecule has 1 heterocycles. The molecule has 5 nitrogen and oxygen atoms in total. The number of nitrogens with one attached hydrogen (secondary N) is 1.